The highest BCUT2D eigenvalue weighted by Gasteiger charge is 2.37. The van der Waals surface area contributed by atoms with Gasteiger partial charge in [-0.15, -0.1) is 0 Å². The molecule has 4 amide bonds. The molecule has 5 rings (SSSR count). The molecule has 0 spiro atoms. The Morgan fingerprint density at radius 2 is 1.80 bits per heavy atom. The number of ether oxygens (including phenoxy) is 3. The molecule has 1 aromatic heterocycles. The Kier molecular flexibility index (Phi) is 5.30. The molecule has 0 aliphatic carbocycles. The second-order valence-corrected chi connectivity index (χ2v) is 7.28. The molecule has 0 atom stereocenters. The van der Waals surface area contributed by atoms with E-state index in [1.807, 2.05) is 0 Å². The summed E-state index contributed by atoms with van der Waals surface area (Å²) in [6.45, 7) is 0.0303. The molecule has 3 aromatic rings. The van der Waals surface area contributed by atoms with E-state index in [0.29, 0.717) is 22.8 Å². The lowest BCUT2D eigenvalue weighted by atomic mass is 10.1. The highest BCUT2D eigenvalue weighted by Crippen LogP contribution is 2.36. The van der Waals surface area contributed by atoms with Crippen LogP contribution in [0.3, 0.4) is 0 Å². The lowest BCUT2D eigenvalue weighted by Gasteiger charge is -2.26. The van der Waals surface area contributed by atoms with Crippen molar-refractivity contribution >= 4 is 35.3 Å². The molecule has 1 N–H and O–H groups in total. The number of carbonyl (C=O) groups is 3. The van der Waals surface area contributed by atoms with Crippen LogP contribution in [-0.4, -0.2) is 34.5 Å². The number of pyridine rings is 1. The number of nitro groups is 1. The third-order valence-electron chi connectivity index (χ3n) is 5.06. The van der Waals surface area contributed by atoms with E-state index in [1.165, 1.54) is 30.3 Å². The molecule has 2 aliphatic rings. The number of hydrogen-bond donors (Lipinski definition) is 1. The topological polar surface area (TPSA) is 150 Å². The summed E-state index contributed by atoms with van der Waals surface area (Å²) < 4.78 is 16.1. The van der Waals surface area contributed by atoms with Gasteiger partial charge in [0.2, 0.25) is 12.7 Å². The molecule has 0 radical (unpaired) electrons. The molecule has 12 nitrogen and oxygen atoms in total. The van der Waals surface area contributed by atoms with E-state index in [4.69, 9.17) is 14.2 Å². The largest absolute Gasteiger partial charge is 0.454 e. The molecule has 2 aromatic carbocycles. The van der Waals surface area contributed by atoms with Gasteiger partial charge in [-0.1, -0.05) is 12.1 Å². The average molecular weight is 474 g/mol. The van der Waals surface area contributed by atoms with E-state index in [2.05, 4.69) is 10.3 Å². The first-order chi connectivity index (χ1) is 16.9. The number of nitrogens with one attached hydrogen (secondary N) is 1. The van der Waals surface area contributed by atoms with E-state index in [1.54, 1.807) is 30.3 Å². The predicted octanol–water partition coefficient (Wildman–Crippen LogP) is 3.18. The Labute approximate surface area is 196 Å². The van der Waals surface area contributed by atoms with Crippen LogP contribution >= 0.6 is 0 Å². The second kappa shape index (κ2) is 8.59. The highest BCUT2D eigenvalue weighted by atomic mass is 16.7. The summed E-state index contributed by atoms with van der Waals surface area (Å²) in [5.41, 5.74) is 0.304. The molecule has 1 fully saturated rings. The number of nitrogens with zero attached hydrogens (tertiary/aromatic N) is 3. The van der Waals surface area contributed by atoms with Crippen molar-refractivity contribution in [3.05, 3.63) is 82.0 Å². The van der Waals surface area contributed by atoms with Gasteiger partial charge in [0.05, 0.1) is 10.6 Å². The van der Waals surface area contributed by atoms with E-state index >= 15 is 0 Å². The van der Waals surface area contributed by atoms with Crippen LogP contribution in [0.4, 0.5) is 16.2 Å². The molecule has 2 aliphatic heterocycles. The first-order valence-electron chi connectivity index (χ1n) is 10.1. The van der Waals surface area contributed by atoms with Gasteiger partial charge in [0, 0.05) is 18.2 Å². The van der Waals surface area contributed by atoms with E-state index < -0.39 is 22.8 Å². The zero-order valence-electron chi connectivity index (χ0n) is 17.7. The zero-order valence-corrected chi connectivity index (χ0v) is 17.7. The number of fused-ring (bicyclic) bond motifs is 1. The van der Waals surface area contributed by atoms with Gasteiger partial charge in [-0.2, -0.15) is 0 Å². The number of imide groups is 2. The summed E-state index contributed by atoms with van der Waals surface area (Å²) >= 11 is 0. The first-order valence-corrected chi connectivity index (χ1v) is 10.1. The van der Waals surface area contributed by atoms with Crippen LogP contribution in [-0.2, 0) is 9.59 Å². The van der Waals surface area contributed by atoms with Crippen LogP contribution in [0.2, 0.25) is 0 Å². The fraction of sp³-hybridized carbons (Fsp3) is 0.0435. The van der Waals surface area contributed by atoms with Crippen molar-refractivity contribution in [2.75, 3.05) is 11.7 Å². The molecule has 0 unspecified atom stereocenters. The molecule has 174 valence electrons. The fourth-order valence-corrected chi connectivity index (χ4v) is 3.38. The second-order valence-electron chi connectivity index (χ2n) is 7.28. The molecule has 35 heavy (non-hydrogen) atoms. The summed E-state index contributed by atoms with van der Waals surface area (Å²) in [5, 5.41) is 12.9. The van der Waals surface area contributed by atoms with E-state index in [0.717, 1.165) is 11.1 Å². The van der Waals surface area contributed by atoms with Crippen LogP contribution < -0.4 is 24.4 Å². The Bertz CT molecular complexity index is 1400. The van der Waals surface area contributed by atoms with Gasteiger partial charge >= 0.3 is 6.03 Å². The van der Waals surface area contributed by atoms with Gasteiger partial charge in [0.25, 0.3) is 17.5 Å². The van der Waals surface area contributed by atoms with Crippen LogP contribution in [0.25, 0.3) is 6.08 Å². The minimum Gasteiger partial charge on any atom is -0.454 e. The van der Waals surface area contributed by atoms with Gasteiger partial charge in [-0.25, -0.2) is 14.7 Å². The lowest BCUT2D eigenvalue weighted by molar-refractivity contribution is -0.385. The molecular weight excluding hydrogens is 460 g/mol. The first kappa shape index (κ1) is 21.6. The number of anilines is 1. The van der Waals surface area contributed by atoms with Crippen LogP contribution in [0.1, 0.15) is 5.56 Å². The van der Waals surface area contributed by atoms with Crippen molar-refractivity contribution in [3.63, 3.8) is 0 Å². The number of amides is 4. The van der Waals surface area contributed by atoms with Crippen molar-refractivity contribution in [2.45, 2.75) is 0 Å². The van der Waals surface area contributed by atoms with Crippen molar-refractivity contribution in [1.82, 2.24) is 10.3 Å². The maximum absolute atomic E-state index is 13.1. The standard InChI is InChI=1S/C23H14N4O8/c28-21-17(22(29)26(23(30)25-21)14-3-7-18-19(10-14)34-12-33-18)9-13-1-5-16(6-2-13)35-20-8-4-15(11-24-20)27(31)32/h1-11H,12H2,(H,25,28,30)/b17-9+. The lowest BCUT2D eigenvalue weighted by Crippen LogP contribution is -2.54. The maximum atomic E-state index is 13.1. The molecule has 12 heteroatoms. The van der Waals surface area contributed by atoms with Crippen LogP contribution in [0.5, 0.6) is 23.1 Å². The fourth-order valence-electron chi connectivity index (χ4n) is 3.38. The quantitative estimate of drug-likeness (QED) is 0.254. The molecule has 3 heterocycles. The smallest absolute Gasteiger partial charge is 0.335 e. The number of aromatic nitrogens is 1. The minimum atomic E-state index is -0.879. The summed E-state index contributed by atoms with van der Waals surface area (Å²) in [6.07, 6.45) is 2.42. The Morgan fingerprint density at radius 1 is 1.03 bits per heavy atom. The number of urea groups is 1. The van der Waals surface area contributed by atoms with Crippen LogP contribution in [0, 0.1) is 10.1 Å². The van der Waals surface area contributed by atoms with Gasteiger partial charge in [0.1, 0.15) is 17.5 Å². The molecule has 0 bridgehead atoms. The zero-order chi connectivity index (χ0) is 24.5. The predicted molar refractivity (Wildman–Crippen MR) is 119 cm³/mol. The third-order valence-corrected chi connectivity index (χ3v) is 5.06. The monoisotopic (exact) mass is 474 g/mol. The normalized spacial score (nSPS) is 15.8. The van der Waals surface area contributed by atoms with Gasteiger partial charge < -0.3 is 14.2 Å². The van der Waals surface area contributed by atoms with Gasteiger partial charge in [0.15, 0.2) is 11.5 Å². The summed E-state index contributed by atoms with van der Waals surface area (Å²) in [4.78, 5) is 52.7. The molecular formula is C23H14N4O8. The summed E-state index contributed by atoms with van der Waals surface area (Å²) in [5.74, 6) is -0.229. The van der Waals surface area contributed by atoms with Gasteiger partial charge in [-0.05, 0) is 35.9 Å². The maximum Gasteiger partial charge on any atom is 0.335 e. The third kappa shape index (κ3) is 4.23. The summed E-state index contributed by atoms with van der Waals surface area (Å²) in [6, 6.07) is 12.6. The number of benzene rings is 2. The molecule has 0 saturated carbocycles. The summed E-state index contributed by atoms with van der Waals surface area (Å²) in [7, 11) is 0. The highest BCUT2D eigenvalue weighted by molar-refractivity contribution is 6.39. The minimum absolute atomic E-state index is 0.0303. The Hall–Kier alpha value is -5.26. The average Bonchev–Trinajstić information content (AvgIpc) is 3.31. The number of rotatable bonds is 5. The number of hydrogen-bond acceptors (Lipinski definition) is 9. The van der Waals surface area contributed by atoms with E-state index in [-0.39, 0.29) is 29.6 Å². The van der Waals surface area contributed by atoms with E-state index in [9.17, 15) is 24.5 Å². The number of carbonyl (C=O) groups excluding carboxylic acids is 3. The van der Waals surface area contributed by atoms with Crippen molar-refractivity contribution in [3.8, 4) is 23.1 Å². The van der Waals surface area contributed by atoms with Crippen molar-refractivity contribution in [1.29, 1.82) is 0 Å². The number of barbiturate groups is 1. The SMILES string of the molecule is O=C1NC(=O)N(c2ccc3c(c2)OCO3)C(=O)/C1=C/c1ccc(Oc2ccc([N+](=O)[O-])cn2)cc1. The molecule has 1 saturated heterocycles. The van der Waals surface area contributed by atoms with Crippen molar-refractivity contribution < 1.29 is 33.5 Å². The Morgan fingerprint density at radius 3 is 2.51 bits per heavy atom. The van der Waals surface area contributed by atoms with Crippen LogP contribution in [0.15, 0.2) is 66.4 Å². The van der Waals surface area contributed by atoms with Gasteiger partial charge in [-0.3, -0.25) is 25.0 Å². The Balaban J connectivity index is 1.36. The van der Waals surface area contributed by atoms with Crippen molar-refractivity contribution in [2.24, 2.45) is 0 Å².